The summed E-state index contributed by atoms with van der Waals surface area (Å²) < 4.78 is 5.20. The number of carbonyl (C=O) groups is 1. The SMILES string of the molecule is Cc1noc(C)c1C(C)C(=O)NN(c1ccccc1)c1ccccc1. The zero-order valence-electron chi connectivity index (χ0n) is 14.6. The fourth-order valence-corrected chi connectivity index (χ4v) is 2.88. The van der Waals surface area contributed by atoms with Gasteiger partial charge in [-0.15, -0.1) is 0 Å². The Balaban J connectivity index is 1.89. The zero-order chi connectivity index (χ0) is 17.8. The van der Waals surface area contributed by atoms with Gasteiger partial charge in [0, 0.05) is 5.56 Å². The van der Waals surface area contributed by atoms with Crippen LogP contribution in [-0.2, 0) is 4.79 Å². The lowest BCUT2D eigenvalue weighted by Gasteiger charge is -2.27. The van der Waals surface area contributed by atoms with Gasteiger partial charge < -0.3 is 4.52 Å². The molecule has 0 radical (unpaired) electrons. The molecule has 2 aromatic carbocycles. The summed E-state index contributed by atoms with van der Waals surface area (Å²) in [6.45, 7) is 5.53. The Morgan fingerprint density at radius 3 is 1.96 bits per heavy atom. The maximum absolute atomic E-state index is 12.9. The van der Waals surface area contributed by atoms with Crippen molar-refractivity contribution in [2.75, 3.05) is 5.01 Å². The normalized spacial score (nSPS) is 11.8. The van der Waals surface area contributed by atoms with E-state index in [0.717, 1.165) is 22.6 Å². The van der Waals surface area contributed by atoms with Gasteiger partial charge in [0.1, 0.15) is 5.76 Å². The molecule has 0 bridgehead atoms. The average Bonchev–Trinajstić information content (AvgIpc) is 2.98. The third-order valence-corrected chi connectivity index (χ3v) is 4.17. The number of hydrogen-bond donors (Lipinski definition) is 1. The Bertz CT molecular complexity index is 785. The van der Waals surface area contributed by atoms with Crippen LogP contribution in [0.4, 0.5) is 11.4 Å². The van der Waals surface area contributed by atoms with Crippen molar-refractivity contribution in [1.29, 1.82) is 0 Å². The molecule has 1 heterocycles. The molecule has 3 aromatic rings. The monoisotopic (exact) mass is 335 g/mol. The highest BCUT2D eigenvalue weighted by molar-refractivity contribution is 5.86. The third-order valence-electron chi connectivity index (χ3n) is 4.17. The number of benzene rings is 2. The van der Waals surface area contributed by atoms with Crippen molar-refractivity contribution in [1.82, 2.24) is 10.6 Å². The van der Waals surface area contributed by atoms with E-state index in [1.807, 2.05) is 81.4 Å². The molecule has 0 saturated carbocycles. The molecule has 5 nitrogen and oxygen atoms in total. The van der Waals surface area contributed by atoms with Crippen molar-refractivity contribution in [3.63, 3.8) is 0 Å². The molecule has 5 heteroatoms. The molecule has 0 aliphatic rings. The van der Waals surface area contributed by atoms with Gasteiger partial charge in [0.05, 0.1) is 23.0 Å². The smallest absolute Gasteiger partial charge is 0.246 e. The number of amides is 1. The Morgan fingerprint density at radius 2 is 1.52 bits per heavy atom. The molecule has 3 rings (SSSR count). The van der Waals surface area contributed by atoms with Crippen LogP contribution in [0.2, 0.25) is 0 Å². The van der Waals surface area contributed by atoms with Crippen LogP contribution < -0.4 is 10.4 Å². The molecule has 0 aliphatic carbocycles. The van der Waals surface area contributed by atoms with Crippen LogP contribution in [-0.4, -0.2) is 11.1 Å². The van der Waals surface area contributed by atoms with Crippen LogP contribution in [0.1, 0.15) is 29.9 Å². The Morgan fingerprint density at radius 1 is 1.00 bits per heavy atom. The van der Waals surface area contributed by atoms with Gasteiger partial charge in [0.15, 0.2) is 0 Å². The van der Waals surface area contributed by atoms with Gasteiger partial charge in [0.2, 0.25) is 5.91 Å². The standard InChI is InChI=1S/C20H21N3O2/c1-14(19-15(2)22-25-16(19)3)20(24)21-23(17-10-6-4-7-11-17)18-12-8-5-9-13-18/h4-14H,1-3H3,(H,21,24). The molecule has 0 spiro atoms. The van der Waals surface area contributed by atoms with Crippen molar-refractivity contribution in [3.8, 4) is 0 Å². The molecule has 1 N–H and O–H groups in total. The topological polar surface area (TPSA) is 58.4 Å². The Labute approximate surface area is 147 Å². The number of nitrogens with one attached hydrogen (secondary N) is 1. The largest absolute Gasteiger partial charge is 0.361 e. The van der Waals surface area contributed by atoms with E-state index in [4.69, 9.17) is 4.52 Å². The van der Waals surface area contributed by atoms with Gasteiger partial charge >= 0.3 is 0 Å². The van der Waals surface area contributed by atoms with E-state index >= 15 is 0 Å². The molecule has 1 aromatic heterocycles. The minimum atomic E-state index is -0.374. The van der Waals surface area contributed by atoms with Gasteiger partial charge in [-0.3, -0.25) is 15.2 Å². The summed E-state index contributed by atoms with van der Waals surface area (Å²) in [5.74, 6) is 0.175. The first kappa shape index (κ1) is 16.8. The van der Waals surface area contributed by atoms with E-state index in [9.17, 15) is 4.79 Å². The highest BCUT2D eigenvalue weighted by Crippen LogP contribution is 2.26. The fraction of sp³-hybridized carbons (Fsp3) is 0.200. The molecular weight excluding hydrogens is 314 g/mol. The van der Waals surface area contributed by atoms with Crippen LogP contribution >= 0.6 is 0 Å². The highest BCUT2D eigenvalue weighted by atomic mass is 16.5. The lowest BCUT2D eigenvalue weighted by Crippen LogP contribution is -2.41. The predicted octanol–water partition coefficient (Wildman–Crippen LogP) is 4.26. The van der Waals surface area contributed by atoms with Crippen molar-refractivity contribution < 1.29 is 9.32 Å². The fourth-order valence-electron chi connectivity index (χ4n) is 2.88. The summed E-state index contributed by atoms with van der Waals surface area (Å²) in [6.07, 6.45) is 0. The lowest BCUT2D eigenvalue weighted by molar-refractivity contribution is -0.122. The van der Waals surface area contributed by atoms with Crippen LogP contribution in [0.15, 0.2) is 65.2 Å². The maximum atomic E-state index is 12.9. The first-order valence-electron chi connectivity index (χ1n) is 8.21. The number of aryl methyl sites for hydroxylation is 2. The number of para-hydroxylation sites is 2. The average molecular weight is 335 g/mol. The quantitative estimate of drug-likeness (QED) is 0.708. The second-order valence-electron chi connectivity index (χ2n) is 5.94. The van der Waals surface area contributed by atoms with E-state index < -0.39 is 0 Å². The molecule has 128 valence electrons. The van der Waals surface area contributed by atoms with Crippen molar-refractivity contribution >= 4 is 17.3 Å². The van der Waals surface area contributed by atoms with Crippen LogP contribution in [0.5, 0.6) is 0 Å². The Kier molecular flexibility index (Phi) is 4.84. The van der Waals surface area contributed by atoms with Gasteiger partial charge in [-0.25, -0.2) is 0 Å². The van der Waals surface area contributed by atoms with E-state index in [0.29, 0.717) is 5.76 Å². The maximum Gasteiger partial charge on any atom is 0.246 e. The molecule has 0 aliphatic heterocycles. The van der Waals surface area contributed by atoms with E-state index in [2.05, 4.69) is 10.6 Å². The number of carbonyl (C=O) groups excluding carboxylic acids is 1. The molecule has 0 saturated heterocycles. The number of nitrogens with zero attached hydrogens (tertiary/aromatic N) is 2. The summed E-state index contributed by atoms with van der Waals surface area (Å²) in [5, 5.41) is 5.74. The molecule has 1 atom stereocenters. The minimum absolute atomic E-state index is 0.123. The summed E-state index contributed by atoms with van der Waals surface area (Å²) in [6, 6.07) is 19.5. The highest BCUT2D eigenvalue weighted by Gasteiger charge is 2.25. The van der Waals surface area contributed by atoms with Gasteiger partial charge in [0.25, 0.3) is 0 Å². The van der Waals surface area contributed by atoms with Gasteiger partial charge in [-0.05, 0) is 45.0 Å². The van der Waals surface area contributed by atoms with Crippen molar-refractivity contribution in [3.05, 3.63) is 77.7 Å². The Hall–Kier alpha value is -3.08. The van der Waals surface area contributed by atoms with Gasteiger partial charge in [-0.2, -0.15) is 0 Å². The molecule has 1 unspecified atom stereocenters. The summed E-state index contributed by atoms with van der Waals surface area (Å²) >= 11 is 0. The number of aromatic nitrogens is 1. The molecule has 0 fully saturated rings. The number of hydrogen-bond acceptors (Lipinski definition) is 4. The van der Waals surface area contributed by atoms with Gasteiger partial charge in [-0.1, -0.05) is 41.6 Å². The number of rotatable bonds is 5. The summed E-state index contributed by atoms with van der Waals surface area (Å²) in [7, 11) is 0. The van der Waals surface area contributed by atoms with Crippen LogP contribution in [0.3, 0.4) is 0 Å². The molecule has 1 amide bonds. The number of anilines is 2. The lowest BCUT2D eigenvalue weighted by atomic mass is 9.99. The third kappa shape index (κ3) is 3.55. The van der Waals surface area contributed by atoms with Crippen LogP contribution in [0.25, 0.3) is 0 Å². The second kappa shape index (κ2) is 7.21. The predicted molar refractivity (Wildman–Crippen MR) is 97.6 cm³/mol. The number of hydrazine groups is 1. The molecular formula is C20H21N3O2. The first-order valence-corrected chi connectivity index (χ1v) is 8.21. The van der Waals surface area contributed by atoms with Crippen LogP contribution in [0, 0.1) is 13.8 Å². The second-order valence-corrected chi connectivity index (χ2v) is 5.94. The van der Waals surface area contributed by atoms with Crippen molar-refractivity contribution in [2.24, 2.45) is 0 Å². The van der Waals surface area contributed by atoms with E-state index in [1.165, 1.54) is 0 Å². The minimum Gasteiger partial charge on any atom is -0.361 e. The van der Waals surface area contributed by atoms with E-state index in [1.54, 1.807) is 5.01 Å². The van der Waals surface area contributed by atoms with Crippen molar-refractivity contribution in [2.45, 2.75) is 26.7 Å². The summed E-state index contributed by atoms with van der Waals surface area (Å²) in [4.78, 5) is 12.9. The summed E-state index contributed by atoms with van der Waals surface area (Å²) in [5.41, 5.74) is 6.36. The van der Waals surface area contributed by atoms with E-state index in [-0.39, 0.29) is 11.8 Å². The zero-order valence-corrected chi connectivity index (χ0v) is 14.6. The first-order chi connectivity index (χ1) is 12.1. The molecule has 25 heavy (non-hydrogen) atoms.